The molecule has 1 saturated heterocycles. The maximum Gasteiger partial charge on any atom is 0.242 e. The van der Waals surface area contributed by atoms with Crippen molar-refractivity contribution in [3.05, 3.63) is 24.3 Å². The molecule has 7 nitrogen and oxygen atoms in total. The summed E-state index contributed by atoms with van der Waals surface area (Å²) in [4.78, 5) is 41.1. The Hall–Kier alpha value is -2.41. The highest BCUT2D eigenvalue weighted by Crippen LogP contribution is 2.20. The summed E-state index contributed by atoms with van der Waals surface area (Å²) < 4.78 is 0. The first-order valence-electron chi connectivity index (χ1n) is 7.99. The summed E-state index contributed by atoms with van der Waals surface area (Å²) in [5, 5.41) is 2.68. The number of hydrogen-bond acceptors (Lipinski definition) is 4. The Morgan fingerprint density at radius 2 is 1.79 bits per heavy atom. The molecule has 0 atom stereocenters. The van der Waals surface area contributed by atoms with Crippen molar-refractivity contribution in [2.75, 3.05) is 50.0 Å². The Bertz CT molecular complexity index is 624. The minimum absolute atomic E-state index is 0.00255. The maximum atomic E-state index is 12.5. The van der Waals surface area contributed by atoms with Crippen molar-refractivity contribution in [1.29, 1.82) is 0 Å². The van der Waals surface area contributed by atoms with Crippen molar-refractivity contribution in [3.8, 4) is 0 Å². The van der Waals surface area contributed by atoms with Crippen LogP contribution in [0.3, 0.4) is 0 Å². The standard InChI is InChI=1S/C17H24N4O3/c1-13(22)18-15-5-4-6-16(11-15)21(14(2)23)12-17(24)20-9-7-19(3)8-10-20/h4-6,11H,7-10,12H2,1-3H3,(H,18,22). The number of carbonyl (C=O) groups is 3. The van der Waals surface area contributed by atoms with E-state index in [1.165, 1.54) is 18.7 Å². The van der Waals surface area contributed by atoms with Crippen molar-refractivity contribution in [3.63, 3.8) is 0 Å². The molecule has 0 aliphatic carbocycles. The van der Waals surface area contributed by atoms with Gasteiger partial charge in [-0.25, -0.2) is 0 Å². The number of amides is 3. The van der Waals surface area contributed by atoms with Gasteiger partial charge < -0.3 is 20.0 Å². The zero-order valence-corrected chi connectivity index (χ0v) is 14.4. The molecule has 1 aromatic rings. The third-order valence-corrected chi connectivity index (χ3v) is 4.01. The lowest BCUT2D eigenvalue weighted by Crippen LogP contribution is -2.50. The first-order chi connectivity index (χ1) is 11.4. The quantitative estimate of drug-likeness (QED) is 0.884. The molecule has 2 rings (SSSR count). The maximum absolute atomic E-state index is 12.5. The van der Waals surface area contributed by atoms with Crippen LogP contribution in [0.15, 0.2) is 24.3 Å². The van der Waals surface area contributed by atoms with E-state index in [9.17, 15) is 14.4 Å². The molecule has 0 aromatic heterocycles. The van der Waals surface area contributed by atoms with E-state index in [4.69, 9.17) is 0 Å². The van der Waals surface area contributed by atoms with Crippen LogP contribution in [0, 0.1) is 0 Å². The molecule has 0 unspecified atom stereocenters. The zero-order chi connectivity index (χ0) is 17.7. The highest BCUT2D eigenvalue weighted by molar-refractivity contribution is 5.98. The number of benzene rings is 1. The normalized spacial score (nSPS) is 15.0. The van der Waals surface area contributed by atoms with Crippen LogP contribution in [-0.2, 0) is 14.4 Å². The highest BCUT2D eigenvalue weighted by Gasteiger charge is 2.23. The third kappa shape index (κ3) is 4.79. The van der Waals surface area contributed by atoms with Crippen LogP contribution >= 0.6 is 0 Å². The Balaban J connectivity index is 2.10. The fourth-order valence-electron chi connectivity index (χ4n) is 2.63. The summed E-state index contributed by atoms with van der Waals surface area (Å²) in [5.41, 5.74) is 1.19. The lowest BCUT2D eigenvalue weighted by molar-refractivity contribution is -0.132. The number of nitrogens with one attached hydrogen (secondary N) is 1. The topological polar surface area (TPSA) is 73.0 Å². The Morgan fingerprint density at radius 1 is 1.12 bits per heavy atom. The van der Waals surface area contributed by atoms with Gasteiger partial charge in [0.2, 0.25) is 17.7 Å². The second-order valence-corrected chi connectivity index (χ2v) is 6.02. The van der Waals surface area contributed by atoms with Gasteiger partial charge in [0.1, 0.15) is 6.54 Å². The van der Waals surface area contributed by atoms with E-state index in [1.54, 1.807) is 29.2 Å². The average Bonchev–Trinajstić information content (AvgIpc) is 2.52. The van der Waals surface area contributed by atoms with E-state index >= 15 is 0 Å². The first-order valence-corrected chi connectivity index (χ1v) is 7.99. The van der Waals surface area contributed by atoms with Gasteiger partial charge in [-0.3, -0.25) is 14.4 Å². The number of piperazine rings is 1. The van der Waals surface area contributed by atoms with E-state index in [1.807, 2.05) is 7.05 Å². The third-order valence-electron chi connectivity index (χ3n) is 4.01. The Kier molecular flexibility index (Phi) is 5.92. The van der Waals surface area contributed by atoms with Crippen LogP contribution in [0.1, 0.15) is 13.8 Å². The summed E-state index contributed by atoms with van der Waals surface area (Å²) in [7, 11) is 2.03. The lowest BCUT2D eigenvalue weighted by atomic mass is 10.2. The smallest absolute Gasteiger partial charge is 0.242 e. The van der Waals surface area contributed by atoms with Crippen LogP contribution < -0.4 is 10.2 Å². The van der Waals surface area contributed by atoms with Gasteiger partial charge in [0.05, 0.1) is 0 Å². The van der Waals surface area contributed by atoms with Crippen LogP contribution in [0.4, 0.5) is 11.4 Å². The molecular weight excluding hydrogens is 308 g/mol. The predicted octanol–water partition coefficient (Wildman–Crippen LogP) is 0.772. The summed E-state index contributed by atoms with van der Waals surface area (Å²) in [5.74, 6) is -0.462. The lowest BCUT2D eigenvalue weighted by Gasteiger charge is -2.33. The zero-order valence-electron chi connectivity index (χ0n) is 14.4. The fraction of sp³-hybridized carbons (Fsp3) is 0.471. The summed E-state index contributed by atoms with van der Waals surface area (Å²) in [6.07, 6.45) is 0. The SMILES string of the molecule is CC(=O)Nc1cccc(N(CC(=O)N2CCN(C)CC2)C(C)=O)c1. The number of carbonyl (C=O) groups excluding carboxylic acids is 3. The Morgan fingerprint density at radius 3 is 2.38 bits per heavy atom. The van der Waals surface area contributed by atoms with Gasteiger partial charge >= 0.3 is 0 Å². The molecule has 7 heteroatoms. The molecule has 1 aliphatic rings. The van der Waals surface area contributed by atoms with Crippen molar-refractivity contribution < 1.29 is 14.4 Å². The van der Waals surface area contributed by atoms with Gasteiger partial charge in [0.25, 0.3) is 0 Å². The van der Waals surface area contributed by atoms with Gasteiger partial charge in [0, 0.05) is 51.4 Å². The first kappa shape index (κ1) is 17.9. The minimum Gasteiger partial charge on any atom is -0.339 e. The molecule has 1 N–H and O–H groups in total. The number of anilines is 2. The van der Waals surface area contributed by atoms with Gasteiger partial charge in [-0.1, -0.05) is 6.07 Å². The molecule has 0 saturated carbocycles. The van der Waals surface area contributed by atoms with E-state index in [2.05, 4.69) is 10.2 Å². The van der Waals surface area contributed by atoms with Crippen LogP contribution in [0.25, 0.3) is 0 Å². The molecule has 1 aliphatic heterocycles. The minimum atomic E-state index is -0.211. The summed E-state index contributed by atoms with van der Waals surface area (Å²) in [6, 6.07) is 6.94. The summed E-state index contributed by atoms with van der Waals surface area (Å²) >= 11 is 0. The number of rotatable bonds is 4. The number of likely N-dealkylation sites (N-methyl/N-ethyl adjacent to an activating group) is 1. The fourth-order valence-corrected chi connectivity index (χ4v) is 2.63. The number of hydrogen-bond donors (Lipinski definition) is 1. The second kappa shape index (κ2) is 7.92. The van der Waals surface area contributed by atoms with Crippen LogP contribution in [0.2, 0.25) is 0 Å². The van der Waals surface area contributed by atoms with E-state index in [-0.39, 0.29) is 24.3 Å². The van der Waals surface area contributed by atoms with Gasteiger partial charge in [-0.15, -0.1) is 0 Å². The van der Waals surface area contributed by atoms with E-state index in [0.29, 0.717) is 24.5 Å². The molecule has 0 bridgehead atoms. The highest BCUT2D eigenvalue weighted by atomic mass is 16.2. The Labute approximate surface area is 142 Å². The van der Waals surface area contributed by atoms with E-state index in [0.717, 1.165) is 13.1 Å². The van der Waals surface area contributed by atoms with Gasteiger partial charge in [0.15, 0.2) is 0 Å². The largest absolute Gasteiger partial charge is 0.339 e. The van der Waals surface area contributed by atoms with Crippen molar-refractivity contribution in [2.24, 2.45) is 0 Å². The average molecular weight is 332 g/mol. The molecule has 1 aromatic carbocycles. The van der Waals surface area contributed by atoms with Crippen molar-refractivity contribution in [2.45, 2.75) is 13.8 Å². The molecule has 3 amide bonds. The summed E-state index contributed by atoms with van der Waals surface area (Å²) in [6.45, 7) is 5.88. The number of nitrogens with zero attached hydrogens (tertiary/aromatic N) is 3. The molecule has 1 heterocycles. The van der Waals surface area contributed by atoms with Crippen LogP contribution in [-0.4, -0.2) is 67.3 Å². The monoisotopic (exact) mass is 332 g/mol. The van der Waals surface area contributed by atoms with Gasteiger partial charge in [-0.05, 0) is 25.2 Å². The van der Waals surface area contributed by atoms with Crippen molar-refractivity contribution >= 4 is 29.1 Å². The second-order valence-electron chi connectivity index (χ2n) is 6.02. The molecule has 0 radical (unpaired) electrons. The van der Waals surface area contributed by atoms with Crippen molar-refractivity contribution in [1.82, 2.24) is 9.80 Å². The predicted molar refractivity (Wildman–Crippen MR) is 92.8 cm³/mol. The molecule has 24 heavy (non-hydrogen) atoms. The molecule has 130 valence electrons. The van der Waals surface area contributed by atoms with E-state index < -0.39 is 0 Å². The van der Waals surface area contributed by atoms with Gasteiger partial charge in [-0.2, -0.15) is 0 Å². The molecule has 0 spiro atoms. The molecular formula is C17H24N4O3. The van der Waals surface area contributed by atoms with Crippen LogP contribution in [0.5, 0.6) is 0 Å². The molecule has 1 fully saturated rings.